The van der Waals surface area contributed by atoms with Crippen LogP contribution in [0.3, 0.4) is 0 Å². The molecule has 0 aromatic carbocycles. The molecule has 0 saturated carbocycles. The fraction of sp³-hybridized carbons (Fsp3) is 0.773. The Morgan fingerprint density at radius 1 is 0.960 bits per heavy atom. The van der Waals surface area contributed by atoms with Gasteiger partial charge in [-0.15, -0.1) is 0 Å². The minimum atomic E-state index is -0.0932. The van der Waals surface area contributed by atoms with Gasteiger partial charge in [-0.2, -0.15) is 0 Å². The van der Waals surface area contributed by atoms with Crippen LogP contribution < -0.4 is 0 Å². The maximum Gasteiger partial charge on any atom is 0.362 e. The quantitative estimate of drug-likeness (QED) is 0.174. The van der Waals surface area contributed by atoms with E-state index < -0.39 is 0 Å². The Balaban J connectivity index is 3.92. The molecule has 0 saturated heterocycles. The summed E-state index contributed by atoms with van der Waals surface area (Å²) in [6.07, 6.45) is 14.1. The van der Waals surface area contributed by atoms with E-state index in [-0.39, 0.29) is 5.97 Å². The van der Waals surface area contributed by atoms with Gasteiger partial charge in [0.15, 0.2) is 6.54 Å². The summed E-state index contributed by atoms with van der Waals surface area (Å²) in [5.74, 6) is -0.0932. The molecule has 0 amide bonds. The highest BCUT2D eigenvalue weighted by Gasteiger charge is 2.20. The summed E-state index contributed by atoms with van der Waals surface area (Å²) in [6.45, 7) is 10.5. The van der Waals surface area contributed by atoms with Gasteiger partial charge in [0.25, 0.3) is 0 Å². The summed E-state index contributed by atoms with van der Waals surface area (Å²) in [6, 6.07) is 0. The Kier molecular flexibility index (Phi) is 13.5. The fourth-order valence-electron chi connectivity index (χ4n) is 2.76. The third-order valence-corrected chi connectivity index (χ3v) is 4.44. The van der Waals surface area contributed by atoms with E-state index in [2.05, 4.69) is 47.9 Å². The molecule has 25 heavy (non-hydrogen) atoms. The zero-order valence-corrected chi connectivity index (χ0v) is 17.7. The summed E-state index contributed by atoms with van der Waals surface area (Å²) in [5, 5.41) is 0. The number of quaternary nitrogens is 1. The van der Waals surface area contributed by atoms with Crippen molar-refractivity contribution in [1.82, 2.24) is 0 Å². The van der Waals surface area contributed by atoms with Crippen molar-refractivity contribution in [3.63, 3.8) is 0 Å². The molecule has 0 radical (unpaired) electrons. The Morgan fingerprint density at radius 3 is 2.24 bits per heavy atom. The molecule has 3 heteroatoms. The van der Waals surface area contributed by atoms with Gasteiger partial charge in [-0.25, -0.2) is 4.79 Å². The first kappa shape index (κ1) is 23.9. The van der Waals surface area contributed by atoms with Crippen LogP contribution in [-0.4, -0.2) is 44.2 Å². The standard InChI is InChI=1S/C22H42NO2/c1-7-8-9-10-11-12-17-23(5,6)19-22(24)25-18-16-21(4)15-13-14-20(2)3/h14,16H,7-13,15,17-19H2,1-6H3/q+1/b21-16+. The number of nitrogens with zero attached hydrogens (tertiary/aromatic N) is 1. The summed E-state index contributed by atoms with van der Waals surface area (Å²) < 4.78 is 6.11. The molecular formula is C22H42NO2+. The molecular weight excluding hydrogens is 310 g/mol. The topological polar surface area (TPSA) is 26.3 Å². The number of likely N-dealkylation sites (N-methyl/N-ethyl adjacent to an activating group) is 1. The molecule has 0 unspecified atom stereocenters. The first-order valence-electron chi connectivity index (χ1n) is 10.0. The molecule has 0 fully saturated rings. The van der Waals surface area contributed by atoms with Crippen LogP contribution in [0.15, 0.2) is 23.3 Å². The Labute approximate surface area is 156 Å². The van der Waals surface area contributed by atoms with Gasteiger partial charge in [0.2, 0.25) is 0 Å². The summed E-state index contributed by atoms with van der Waals surface area (Å²) in [7, 11) is 4.24. The van der Waals surface area contributed by atoms with Crippen molar-refractivity contribution in [3.05, 3.63) is 23.3 Å². The van der Waals surface area contributed by atoms with E-state index >= 15 is 0 Å². The molecule has 0 atom stereocenters. The average molecular weight is 353 g/mol. The molecule has 0 aliphatic carbocycles. The summed E-state index contributed by atoms with van der Waals surface area (Å²) in [4.78, 5) is 12.0. The fourth-order valence-corrected chi connectivity index (χ4v) is 2.76. The van der Waals surface area contributed by atoms with Crippen LogP contribution in [0.25, 0.3) is 0 Å². The van der Waals surface area contributed by atoms with Gasteiger partial charge in [-0.3, -0.25) is 0 Å². The van der Waals surface area contributed by atoms with Crippen molar-refractivity contribution < 1.29 is 14.0 Å². The van der Waals surface area contributed by atoms with E-state index in [1.54, 1.807) is 0 Å². The number of ether oxygens (including phenoxy) is 1. The number of rotatable bonds is 14. The highest BCUT2D eigenvalue weighted by atomic mass is 16.5. The van der Waals surface area contributed by atoms with E-state index in [1.165, 1.54) is 49.7 Å². The molecule has 0 aromatic heterocycles. The number of hydrogen-bond donors (Lipinski definition) is 0. The first-order valence-corrected chi connectivity index (χ1v) is 10.0. The highest BCUT2D eigenvalue weighted by molar-refractivity contribution is 5.70. The van der Waals surface area contributed by atoms with Crippen LogP contribution >= 0.6 is 0 Å². The molecule has 0 aliphatic rings. The van der Waals surface area contributed by atoms with Crippen molar-refractivity contribution in [2.45, 2.75) is 79.1 Å². The third kappa shape index (κ3) is 16.1. The molecule has 0 aromatic rings. The van der Waals surface area contributed by atoms with Crippen LogP contribution in [0.2, 0.25) is 0 Å². The van der Waals surface area contributed by atoms with E-state index in [4.69, 9.17) is 4.74 Å². The number of allylic oxidation sites excluding steroid dienone is 3. The molecule has 0 rings (SSSR count). The monoisotopic (exact) mass is 352 g/mol. The van der Waals surface area contributed by atoms with Gasteiger partial charge < -0.3 is 9.22 Å². The van der Waals surface area contributed by atoms with Gasteiger partial charge in [-0.05, 0) is 52.5 Å². The van der Waals surface area contributed by atoms with E-state index in [1.807, 2.05) is 6.08 Å². The van der Waals surface area contributed by atoms with Crippen LogP contribution in [0.5, 0.6) is 0 Å². The molecule has 0 N–H and O–H groups in total. The van der Waals surface area contributed by atoms with Crippen molar-refractivity contribution in [3.8, 4) is 0 Å². The molecule has 0 bridgehead atoms. The summed E-state index contributed by atoms with van der Waals surface area (Å²) in [5.41, 5.74) is 2.63. The van der Waals surface area contributed by atoms with Crippen LogP contribution in [0.1, 0.15) is 79.1 Å². The zero-order valence-electron chi connectivity index (χ0n) is 17.7. The van der Waals surface area contributed by atoms with Crippen molar-refractivity contribution >= 4 is 5.97 Å². The maximum absolute atomic E-state index is 12.0. The molecule has 3 nitrogen and oxygen atoms in total. The third-order valence-electron chi connectivity index (χ3n) is 4.44. The Hall–Kier alpha value is -1.09. The smallest absolute Gasteiger partial charge is 0.362 e. The Morgan fingerprint density at radius 2 is 1.60 bits per heavy atom. The molecule has 0 heterocycles. The van der Waals surface area contributed by atoms with Crippen molar-refractivity contribution in [2.24, 2.45) is 0 Å². The predicted molar refractivity (Wildman–Crippen MR) is 109 cm³/mol. The number of hydrogen-bond acceptors (Lipinski definition) is 2. The average Bonchev–Trinajstić information content (AvgIpc) is 2.49. The zero-order chi connectivity index (χ0) is 19.1. The van der Waals surface area contributed by atoms with Gasteiger partial charge >= 0.3 is 5.97 Å². The number of carbonyl (C=O) groups excluding carboxylic acids is 1. The van der Waals surface area contributed by atoms with Gasteiger partial charge in [-0.1, -0.05) is 49.8 Å². The van der Waals surface area contributed by atoms with E-state index in [9.17, 15) is 4.79 Å². The minimum Gasteiger partial charge on any atom is -0.457 e. The van der Waals surface area contributed by atoms with Crippen LogP contribution in [-0.2, 0) is 9.53 Å². The number of unbranched alkanes of at least 4 members (excludes halogenated alkanes) is 5. The molecule has 0 spiro atoms. The number of esters is 1. The van der Waals surface area contributed by atoms with Gasteiger partial charge in [0.05, 0.1) is 20.6 Å². The van der Waals surface area contributed by atoms with Gasteiger partial charge in [0, 0.05) is 0 Å². The Bertz CT molecular complexity index is 418. The largest absolute Gasteiger partial charge is 0.457 e. The molecule has 146 valence electrons. The lowest BCUT2D eigenvalue weighted by molar-refractivity contribution is -0.883. The van der Waals surface area contributed by atoms with Crippen molar-refractivity contribution in [2.75, 3.05) is 33.8 Å². The van der Waals surface area contributed by atoms with Crippen LogP contribution in [0.4, 0.5) is 0 Å². The molecule has 0 aliphatic heterocycles. The highest BCUT2D eigenvalue weighted by Crippen LogP contribution is 2.09. The minimum absolute atomic E-state index is 0.0932. The SMILES string of the molecule is CCCCCCCC[N+](C)(C)CC(=O)OC/C=C(\C)CCC=C(C)C. The second-order valence-electron chi connectivity index (χ2n) is 8.14. The second-order valence-corrected chi connectivity index (χ2v) is 8.14. The van der Waals surface area contributed by atoms with E-state index in [0.29, 0.717) is 13.2 Å². The lowest BCUT2D eigenvalue weighted by Crippen LogP contribution is -2.45. The first-order chi connectivity index (χ1) is 11.8. The predicted octanol–water partition coefficient (Wildman–Crippen LogP) is 5.66. The van der Waals surface area contributed by atoms with E-state index in [0.717, 1.165) is 23.9 Å². The van der Waals surface area contributed by atoms with Gasteiger partial charge in [0.1, 0.15) is 6.61 Å². The van der Waals surface area contributed by atoms with Crippen molar-refractivity contribution in [1.29, 1.82) is 0 Å². The second kappa shape index (κ2) is 14.1. The lowest BCUT2D eigenvalue weighted by Gasteiger charge is -2.28. The van der Waals surface area contributed by atoms with Crippen LogP contribution in [0, 0.1) is 0 Å². The lowest BCUT2D eigenvalue weighted by atomic mass is 10.1. The summed E-state index contributed by atoms with van der Waals surface area (Å²) >= 11 is 0. The normalized spacial score (nSPS) is 12.2. The number of carbonyl (C=O) groups is 1. The maximum atomic E-state index is 12.0.